The fourth-order valence-electron chi connectivity index (χ4n) is 0.986. The number of hydrogen-bond donors (Lipinski definition) is 0. The lowest BCUT2D eigenvalue weighted by atomic mass is 10.2. The standard InChI is InChI=1S/C8H9ClO3PS/c1-14(11,12)8-4-2-7(3-5-8)6-13(9)10/h2-5H,6H2,1H3/q+1. The van der Waals surface area contributed by atoms with Crippen LogP contribution in [0.25, 0.3) is 0 Å². The zero-order valence-electron chi connectivity index (χ0n) is 7.47. The second kappa shape index (κ2) is 4.39. The Morgan fingerprint density at radius 1 is 1.29 bits per heavy atom. The molecule has 1 unspecified atom stereocenters. The molecular weight excluding hydrogens is 243 g/mol. The Morgan fingerprint density at radius 2 is 1.79 bits per heavy atom. The lowest BCUT2D eigenvalue weighted by molar-refractivity contribution is 0.595. The summed E-state index contributed by atoms with van der Waals surface area (Å²) in [7, 11) is -4.90. The molecule has 0 N–H and O–H groups in total. The maximum Gasteiger partial charge on any atom is 0.459 e. The third-order valence-electron chi connectivity index (χ3n) is 1.66. The fraction of sp³-hybridized carbons (Fsp3) is 0.250. The molecule has 0 radical (unpaired) electrons. The molecule has 0 aliphatic rings. The van der Waals surface area contributed by atoms with Gasteiger partial charge in [0.2, 0.25) is 11.2 Å². The van der Waals surface area contributed by atoms with Crippen LogP contribution in [0.1, 0.15) is 5.56 Å². The molecule has 0 amide bonds. The normalized spacial score (nSPS) is 12.6. The van der Waals surface area contributed by atoms with Crippen molar-refractivity contribution in [2.24, 2.45) is 0 Å². The van der Waals surface area contributed by atoms with Crippen LogP contribution in [-0.4, -0.2) is 14.7 Å². The zero-order chi connectivity index (χ0) is 10.8. The first-order valence-electron chi connectivity index (χ1n) is 3.79. The molecule has 6 heteroatoms. The molecule has 0 saturated heterocycles. The summed E-state index contributed by atoms with van der Waals surface area (Å²) in [6, 6.07) is 6.21. The van der Waals surface area contributed by atoms with Crippen molar-refractivity contribution in [1.82, 2.24) is 0 Å². The highest BCUT2D eigenvalue weighted by atomic mass is 35.7. The van der Waals surface area contributed by atoms with Gasteiger partial charge in [-0.05, 0) is 12.1 Å². The lowest BCUT2D eigenvalue weighted by Gasteiger charge is -1.97. The molecule has 1 atom stereocenters. The van der Waals surface area contributed by atoms with E-state index in [-0.39, 0.29) is 11.1 Å². The van der Waals surface area contributed by atoms with E-state index in [1.807, 2.05) is 0 Å². The molecule has 0 heterocycles. The molecule has 1 rings (SSSR count). The average Bonchev–Trinajstić information content (AvgIpc) is 2.02. The summed E-state index contributed by atoms with van der Waals surface area (Å²) in [5.74, 6) is 0. The second-order valence-electron chi connectivity index (χ2n) is 2.89. The zero-order valence-corrected chi connectivity index (χ0v) is 9.94. The van der Waals surface area contributed by atoms with E-state index in [1.54, 1.807) is 12.1 Å². The molecule has 0 bridgehead atoms. The minimum Gasteiger partial charge on any atom is -0.224 e. The summed E-state index contributed by atoms with van der Waals surface area (Å²) in [5.41, 5.74) is 0.772. The van der Waals surface area contributed by atoms with Crippen LogP contribution in [0.2, 0.25) is 0 Å². The van der Waals surface area contributed by atoms with E-state index >= 15 is 0 Å². The lowest BCUT2D eigenvalue weighted by Crippen LogP contribution is -1.96. The van der Waals surface area contributed by atoms with Gasteiger partial charge in [0.05, 0.1) is 4.90 Å². The SMILES string of the molecule is CS(=O)(=O)c1ccc(C[P+](=O)Cl)cc1. The number of hydrogen-bond acceptors (Lipinski definition) is 3. The highest BCUT2D eigenvalue weighted by molar-refractivity contribution is 7.90. The van der Waals surface area contributed by atoms with E-state index in [2.05, 4.69) is 0 Å². The van der Waals surface area contributed by atoms with Crippen LogP contribution in [0.5, 0.6) is 0 Å². The fourth-order valence-corrected chi connectivity index (χ4v) is 2.53. The van der Waals surface area contributed by atoms with E-state index in [0.29, 0.717) is 0 Å². The quantitative estimate of drug-likeness (QED) is 0.776. The van der Waals surface area contributed by atoms with Crippen molar-refractivity contribution in [3.63, 3.8) is 0 Å². The molecular formula is C8H9ClO3PS+. The van der Waals surface area contributed by atoms with E-state index in [9.17, 15) is 13.0 Å². The van der Waals surface area contributed by atoms with E-state index in [1.165, 1.54) is 12.1 Å². The first kappa shape index (κ1) is 11.6. The van der Waals surface area contributed by atoms with Crippen molar-refractivity contribution in [2.75, 3.05) is 6.26 Å². The molecule has 14 heavy (non-hydrogen) atoms. The minimum absolute atomic E-state index is 0.256. The van der Waals surface area contributed by atoms with Crippen LogP contribution in [0.4, 0.5) is 0 Å². The van der Waals surface area contributed by atoms with Crippen LogP contribution >= 0.6 is 18.4 Å². The van der Waals surface area contributed by atoms with E-state index in [4.69, 9.17) is 11.2 Å². The van der Waals surface area contributed by atoms with Gasteiger partial charge in [0.25, 0.3) is 0 Å². The van der Waals surface area contributed by atoms with E-state index < -0.39 is 17.0 Å². The smallest absolute Gasteiger partial charge is 0.224 e. The third-order valence-corrected chi connectivity index (χ3v) is 3.76. The summed E-state index contributed by atoms with van der Waals surface area (Å²) < 4.78 is 32.9. The molecule has 0 aliphatic carbocycles. The van der Waals surface area contributed by atoms with Gasteiger partial charge in [0, 0.05) is 11.8 Å². The van der Waals surface area contributed by atoms with Crippen molar-refractivity contribution in [2.45, 2.75) is 11.1 Å². The second-order valence-corrected chi connectivity index (χ2v) is 6.99. The van der Waals surface area contributed by atoms with Crippen molar-refractivity contribution >= 4 is 28.2 Å². The molecule has 0 aliphatic heterocycles. The van der Waals surface area contributed by atoms with Crippen LogP contribution in [0.3, 0.4) is 0 Å². The Hall–Kier alpha value is -0.440. The van der Waals surface area contributed by atoms with Gasteiger partial charge >= 0.3 is 7.15 Å². The Labute approximate surface area is 88.6 Å². The van der Waals surface area contributed by atoms with Crippen LogP contribution in [0, 0.1) is 0 Å². The highest BCUT2D eigenvalue weighted by Crippen LogP contribution is 2.31. The average molecular weight is 252 g/mol. The van der Waals surface area contributed by atoms with Gasteiger partial charge in [-0.3, -0.25) is 0 Å². The monoisotopic (exact) mass is 251 g/mol. The van der Waals surface area contributed by atoms with Gasteiger partial charge in [0.1, 0.15) is 0 Å². The Balaban J connectivity index is 2.95. The summed E-state index contributed by atoms with van der Waals surface area (Å²) >= 11 is 5.33. The minimum atomic E-state index is -3.15. The Kier molecular flexibility index (Phi) is 3.65. The van der Waals surface area contributed by atoms with Crippen molar-refractivity contribution in [3.8, 4) is 0 Å². The molecule has 0 spiro atoms. The maximum atomic E-state index is 11.1. The van der Waals surface area contributed by atoms with Crippen molar-refractivity contribution in [1.29, 1.82) is 0 Å². The van der Waals surface area contributed by atoms with Gasteiger partial charge in [0.15, 0.2) is 16.0 Å². The number of benzene rings is 1. The van der Waals surface area contributed by atoms with Crippen LogP contribution < -0.4 is 0 Å². The first-order valence-corrected chi connectivity index (χ1v) is 8.03. The molecule has 0 fully saturated rings. The molecule has 3 nitrogen and oxygen atoms in total. The van der Waals surface area contributed by atoms with Crippen LogP contribution in [-0.2, 0) is 20.6 Å². The van der Waals surface area contributed by atoms with Crippen LogP contribution in [0.15, 0.2) is 29.2 Å². The first-order chi connectivity index (χ1) is 6.39. The number of rotatable bonds is 3. The predicted octanol–water partition coefficient (Wildman–Crippen LogP) is 2.57. The highest BCUT2D eigenvalue weighted by Gasteiger charge is 2.13. The van der Waals surface area contributed by atoms with Gasteiger partial charge < -0.3 is 0 Å². The largest absolute Gasteiger partial charge is 0.459 e. The summed E-state index contributed by atoms with van der Waals surface area (Å²) in [5, 5.41) is 0. The molecule has 76 valence electrons. The molecule has 1 aromatic rings. The molecule has 0 aromatic heterocycles. The van der Waals surface area contributed by atoms with Gasteiger partial charge in [-0.1, -0.05) is 16.7 Å². The Bertz CT molecular complexity index is 438. The van der Waals surface area contributed by atoms with Crippen molar-refractivity contribution in [3.05, 3.63) is 29.8 Å². The molecule has 1 aromatic carbocycles. The molecule has 0 saturated carbocycles. The summed E-state index contributed by atoms with van der Waals surface area (Å²) in [4.78, 5) is 0.256. The summed E-state index contributed by atoms with van der Waals surface area (Å²) in [6.45, 7) is 0. The van der Waals surface area contributed by atoms with E-state index in [0.717, 1.165) is 11.8 Å². The third kappa shape index (κ3) is 3.37. The number of sulfone groups is 1. The topological polar surface area (TPSA) is 51.2 Å². The van der Waals surface area contributed by atoms with Crippen molar-refractivity contribution < 1.29 is 13.0 Å². The Morgan fingerprint density at radius 3 is 2.14 bits per heavy atom. The van der Waals surface area contributed by atoms with Gasteiger partial charge in [-0.25, -0.2) is 8.42 Å². The van der Waals surface area contributed by atoms with Gasteiger partial charge in [-0.15, -0.1) is 0 Å². The summed E-state index contributed by atoms with van der Waals surface area (Å²) in [6.07, 6.45) is 1.41. The van der Waals surface area contributed by atoms with Gasteiger partial charge in [-0.2, -0.15) is 0 Å². The maximum absolute atomic E-state index is 11.1. The number of halogens is 1. The predicted molar refractivity (Wildman–Crippen MR) is 56.7 cm³/mol.